The summed E-state index contributed by atoms with van der Waals surface area (Å²) in [5.74, 6) is 1.24. The van der Waals surface area contributed by atoms with Crippen molar-refractivity contribution < 1.29 is 18.7 Å². The van der Waals surface area contributed by atoms with Gasteiger partial charge >= 0.3 is 0 Å². The minimum atomic E-state index is -0.384. The molecule has 0 radical (unpaired) electrons. The van der Waals surface area contributed by atoms with Crippen molar-refractivity contribution in [2.24, 2.45) is 0 Å². The zero-order valence-corrected chi connectivity index (χ0v) is 14.8. The third-order valence-corrected chi connectivity index (χ3v) is 4.42. The van der Waals surface area contributed by atoms with Crippen LogP contribution in [0.4, 0.5) is 4.39 Å². The molecule has 2 aromatic carbocycles. The number of carbonyl (C=O) groups is 1. The van der Waals surface area contributed by atoms with Crippen molar-refractivity contribution in [3.8, 4) is 11.5 Å². The number of hydrogen-bond donors (Lipinski definition) is 1. The molecule has 1 atom stereocenters. The smallest absolute Gasteiger partial charge is 0.242 e. The summed E-state index contributed by atoms with van der Waals surface area (Å²) in [5.41, 5.74) is 0.805. The van der Waals surface area contributed by atoms with Crippen LogP contribution < -0.4 is 14.8 Å². The van der Waals surface area contributed by atoms with Crippen molar-refractivity contribution in [1.29, 1.82) is 0 Å². The Morgan fingerprint density at radius 1 is 1.12 bits per heavy atom. The van der Waals surface area contributed by atoms with E-state index in [2.05, 4.69) is 10.2 Å². The Bertz CT molecular complexity index is 719. The monoisotopic (exact) mass is 358 g/mol. The highest BCUT2D eigenvalue weighted by Gasteiger charge is 2.30. The van der Waals surface area contributed by atoms with Crippen molar-refractivity contribution in [3.63, 3.8) is 0 Å². The third-order valence-electron chi connectivity index (χ3n) is 4.42. The lowest BCUT2D eigenvalue weighted by Gasteiger charge is -2.35. The largest absolute Gasteiger partial charge is 0.497 e. The number of nitrogens with zero attached hydrogens (tertiary/aromatic N) is 1. The van der Waals surface area contributed by atoms with Crippen molar-refractivity contribution in [2.45, 2.75) is 12.5 Å². The predicted molar refractivity (Wildman–Crippen MR) is 96.8 cm³/mol. The van der Waals surface area contributed by atoms with E-state index < -0.39 is 0 Å². The molecule has 1 heterocycles. The molecule has 0 saturated carbocycles. The van der Waals surface area contributed by atoms with Crippen molar-refractivity contribution >= 4 is 5.91 Å². The first kappa shape index (κ1) is 18.2. The summed E-state index contributed by atoms with van der Waals surface area (Å²) < 4.78 is 24.0. The van der Waals surface area contributed by atoms with E-state index in [1.54, 1.807) is 19.2 Å². The third kappa shape index (κ3) is 4.52. The molecule has 5 nitrogen and oxygen atoms in total. The lowest BCUT2D eigenvalue weighted by molar-refractivity contribution is -0.129. The standard InChI is InChI=1S/C20H23FN2O3/c1-25-17-7-9-18(10-8-17)26-14-2-12-23-13-11-22-20(24)19(23)15-3-5-16(21)6-4-15/h3-10,19H,2,11-14H2,1H3,(H,22,24). The highest BCUT2D eigenvalue weighted by atomic mass is 19.1. The Hall–Kier alpha value is -2.60. The van der Waals surface area contributed by atoms with Crippen LogP contribution in [0.5, 0.6) is 11.5 Å². The van der Waals surface area contributed by atoms with Gasteiger partial charge in [0.2, 0.25) is 5.91 Å². The maximum Gasteiger partial charge on any atom is 0.242 e. The fourth-order valence-corrected chi connectivity index (χ4v) is 3.09. The van der Waals surface area contributed by atoms with Crippen LogP contribution in [0.3, 0.4) is 0 Å². The van der Waals surface area contributed by atoms with E-state index in [0.29, 0.717) is 13.2 Å². The van der Waals surface area contributed by atoms with Crippen molar-refractivity contribution in [1.82, 2.24) is 10.2 Å². The topological polar surface area (TPSA) is 50.8 Å². The van der Waals surface area contributed by atoms with Crippen LogP contribution in [0.25, 0.3) is 0 Å². The molecule has 138 valence electrons. The normalized spacial score (nSPS) is 17.6. The fourth-order valence-electron chi connectivity index (χ4n) is 3.09. The molecule has 1 amide bonds. The van der Waals surface area contributed by atoms with Crippen molar-refractivity contribution in [2.75, 3.05) is 33.4 Å². The molecule has 6 heteroatoms. The van der Waals surface area contributed by atoms with Crippen molar-refractivity contribution in [3.05, 3.63) is 59.9 Å². The molecule has 3 rings (SSSR count). The number of hydrogen-bond acceptors (Lipinski definition) is 4. The first-order valence-electron chi connectivity index (χ1n) is 8.71. The minimum absolute atomic E-state index is 0.0427. The van der Waals surface area contributed by atoms with Crippen LogP contribution in [0.1, 0.15) is 18.0 Å². The summed E-state index contributed by atoms with van der Waals surface area (Å²) in [6, 6.07) is 13.2. The molecule has 0 aromatic heterocycles. The number of benzene rings is 2. The Morgan fingerprint density at radius 2 is 1.81 bits per heavy atom. The number of methoxy groups -OCH3 is 1. The van der Waals surface area contributed by atoms with E-state index in [9.17, 15) is 9.18 Å². The predicted octanol–water partition coefficient (Wildman–Crippen LogP) is 2.78. The molecular formula is C20H23FN2O3. The van der Waals surface area contributed by atoms with E-state index in [1.807, 2.05) is 24.3 Å². The quantitative estimate of drug-likeness (QED) is 0.774. The summed E-state index contributed by atoms with van der Waals surface area (Å²) in [6.45, 7) is 2.67. The first-order chi connectivity index (χ1) is 12.7. The van der Waals surface area contributed by atoms with E-state index in [4.69, 9.17) is 9.47 Å². The summed E-state index contributed by atoms with van der Waals surface area (Å²) in [7, 11) is 1.63. The Kier molecular flexibility index (Phi) is 6.07. The van der Waals surface area contributed by atoms with E-state index in [1.165, 1.54) is 12.1 Å². The van der Waals surface area contributed by atoms with Crippen LogP contribution in [0.2, 0.25) is 0 Å². The van der Waals surface area contributed by atoms with E-state index in [-0.39, 0.29) is 17.8 Å². The van der Waals surface area contributed by atoms with Gasteiger partial charge in [-0.05, 0) is 48.4 Å². The Balaban J connectivity index is 1.54. The van der Waals surface area contributed by atoms with Gasteiger partial charge in [-0.1, -0.05) is 12.1 Å². The average Bonchev–Trinajstić information content (AvgIpc) is 2.67. The molecule has 1 aliphatic rings. The SMILES string of the molecule is COc1ccc(OCCCN2CCNC(=O)C2c2ccc(F)cc2)cc1. The second kappa shape index (κ2) is 8.67. The van der Waals surface area contributed by atoms with Gasteiger partial charge in [0.15, 0.2) is 0 Å². The number of rotatable bonds is 7. The van der Waals surface area contributed by atoms with Gasteiger partial charge in [-0.3, -0.25) is 9.69 Å². The van der Waals surface area contributed by atoms with Crippen LogP contribution >= 0.6 is 0 Å². The van der Waals surface area contributed by atoms with Gasteiger partial charge in [-0.25, -0.2) is 4.39 Å². The molecule has 0 aliphatic carbocycles. The summed E-state index contributed by atoms with van der Waals surface area (Å²) in [5, 5.41) is 2.88. The number of ether oxygens (including phenoxy) is 2. The fraction of sp³-hybridized carbons (Fsp3) is 0.350. The highest BCUT2D eigenvalue weighted by molar-refractivity contribution is 5.83. The molecule has 1 fully saturated rings. The molecule has 0 bridgehead atoms. The van der Waals surface area contributed by atoms with Gasteiger partial charge in [0.1, 0.15) is 23.4 Å². The van der Waals surface area contributed by atoms with Crippen LogP contribution in [-0.2, 0) is 4.79 Å². The molecule has 1 saturated heterocycles. The zero-order chi connectivity index (χ0) is 18.4. The highest BCUT2D eigenvalue weighted by Crippen LogP contribution is 2.24. The summed E-state index contributed by atoms with van der Waals surface area (Å²) >= 11 is 0. The second-order valence-electron chi connectivity index (χ2n) is 6.16. The molecule has 1 N–H and O–H groups in total. The number of piperazine rings is 1. The molecule has 1 aliphatic heterocycles. The summed E-state index contributed by atoms with van der Waals surface area (Å²) in [4.78, 5) is 14.4. The zero-order valence-electron chi connectivity index (χ0n) is 14.8. The average molecular weight is 358 g/mol. The second-order valence-corrected chi connectivity index (χ2v) is 6.16. The molecule has 1 unspecified atom stereocenters. The molecule has 26 heavy (non-hydrogen) atoms. The van der Waals surface area contributed by atoms with E-state index >= 15 is 0 Å². The van der Waals surface area contributed by atoms with E-state index in [0.717, 1.165) is 36.6 Å². The Morgan fingerprint density at radius 3 is 2.50 bits per heavy atom. The number of nitrogens with one attached hydrogen (secondary N) is 1. The molecule has 0 spiro atoms. The summed E-state index contributed by atoms with van der Waals surface area (Å²) in [6.07, 6.45) is 0.789. The number of amides is 1. The van der Waals surface area contributed by atoms with Gasteiger partial charge < -0.3 is 14.8 Å². The number of carbonyl (C=O) groups excluding carboxylic acids is 1. The van der Waals surface area contributed by atoms with Crippen LogP contribution in [0.15, 0.2) is 48.5 Å². The Labute approximate surface area is 152 Å². The number of halogens is 1. The maximum absolute atomic E-state index is 13.2. The van der Waals surface area contributed by atoms with Gasteiger partial charge in [0.25, 0.3) is 0 Å². The maximum atomic E-state index is 13.2. The first-order valence-corrected chi connectivity index (χ1v) is 8.71. The lowest BCUT2D eigenvalue weighted by Crippen LogP contribution is -2.50. The molecule has 2 aromatic rings. The minimum Gasteiger partial charge on any atom is -0.497 e. The van der Waals surface area contributed by atoms with Crippen LogP contribution in [0, 0.1) is 5.82 Å². The van der Waals surface area contributed by atoms with Gasteiger partial charge in [-0.2, -0.15) is 0 Å². The van der Waals surface area contributed by atoms with Gasteiger partial charge in [0.05, 0.1) is 13.7 Å². The van der Waals surface area contributed by atoms with Gasteiger partial charge in [-0.15, -0.1) is 0 Å². The van der Waals surface area contributed by atoms with Gasteiger partial charge in [0, 0.05) is 19.6 Å². The van der Waals surface area contributed by atoms with Crippen LogP contribution in [-0.4, -0.2) is 44.2 Å². The lowest BCUT2D eigenvalue weighted by atomic mass is 10.0. The molecular weight excluding hydrogens is 335 g/mol.